The summed E-state index contributed by atoms with van der Waals surface area (Å²) in [7, 11) is 0. The Bertz CT molecular complexity index is 1890. The van der Waals surface area contributed by atoms with Crippen LogP contribution in [-0.4, -0.2) is 178 Å². The van der Waals surface area contributed by atoms with Crippen LogP contribution in [0, 0.1) is 0 Å². The van der Waals surface area contributed by atoms with Crippen LogP contribution >= 0.6 is 0 Å². The number of fused-ring (bicyclic) bond motifs is 2. The third-order valence-electron chi connectivity index (χ3n) is 10.4. The highest BCUT2D eigenvalue weighted by Gasteiger charge is 2.22. The molecule has 1 aromatic heterocycles. The summed E-state index contributed by atoms with van der Waals surface area (Å²) in [4.78, 5) is 97.0. The van der Waals surface area contributed by atoms with Gasteiger partial charge >= 0.3 is 17.9 Å². The van der Waals surface area contributed by atoms with E-state index in [2.05, 4.69) is 25.4 Å². The highest BCUT2D eigenvalue weighted by atomic mass is 16.5. The number of esters is 3. The fraction of sp³-hybridized carbons (Fsp3) is 0.568. The molecule has 1 aliphatic heterocycles. The molecular formula is C44H64N8O10. The van der Waals surface area contributed by atoms with Gasteiger partial charge in [-0.1, -0.05) is 24.3 Å². The molecule has 0 saturated carbocycles. The van der Waals surface area contributed by atoms with Crippen molar-refractivity contribution in [2.75, 3.05) is 118 Å². The van der Waals surface area contributed by atoms with E-state index in [-0.39, 0.29) is 102 Å². The Labute approximate surface area is 363 Å². The number of aromatic nitrogens is 1. The molecule has 18 heteroatoms. The van der Waals surface area contributed by atoms with Crippen LogP contribution in [0.4, 0.5) is 0 Å². The third kappa shape index (κ3) is 16.8. The second-order valence-corrected chi connectivity index (χ2v) is 14.9. The number of pyridine rings is 1. The van der Waals surface area contributed by atoms with E-state index in [9.17, 15) is 33.6 Å². The molecule has 18 nitrogen and oxygen atoms in total. The summed E-state index contributed by atoms with van der Waals surface area (Å²) in [6.07, 6.45) is 0.157. The molecule has 3 N–H and O–H groups in total. The lowest BCUT2D eigenvalue weighted by Gasteiger charge is -2.34. The van der Waals surface area contributed by atoms with Crippen molar-refractivity contribution in [1.82, 2.24) is 40.1 Å². The summed E-state index contributed by atoms with van der Waals surface area (Å²) < 4.78 is 17.1. The quantitative estimate of drug-likeness (QED) is 0.0764. The molecule has 4 rings (SSSR count). The number of carbonyl (C=O) groups is 6. The Hall–Kier alpha value is -5.43. The van der Waals surface area contributed by atoms with Gasteiger partial charge in [0.15, 0.2) is 5.43 Å². The molecule has 0 aliphatic carbocycles. The van der Waals surface area contributed by atoms with E-state index < -0.39 is 17.9 Å². The van der Waals surface area contributed by atoms with Gasteiger partial charge in [0.2, 0.25) is 17.7 Å². The molecule has 2 aromatic carbocycles. The zero-order valence-electron chi connectivity index (χ0n) is 36.5. The maximum absolute atomic E-state index is 13.5. The number of hydrogen-bond donors (Lipinski definition) is 3. The number of benzene rings is 2. The van der Waals surface area contributed by atoms with Crippen molar-refractivity contribution in [3.05, 3.63) is 58.8 Å². The zero-order chi connectivity index (χ0) is 44.7. The fourth-order valence-corrected chi connectivity index (χ4v) is 7.22. The number of ether oxygens (including phenoxy) is 3. The van der Waals surface area contributed by atoms with E-state index in [4.69, 9.17) is 14.2 Å². The van der Waals surface area contributed by atoms with E-state index in [0.29, 0.717) is 76.2 Å². The average molecular weight is 865 g/mol. The summed E-state index contributed by atoms with van der Waals surface area (Å²) in [5.74, 6) is -1.96. The topological polar surface area (TPSA) is 201 Å². The molecule has 0 bridgehead atoms. The lowest BCUT2D eigenvalue weighted by atomic mass is 10.1. The number of carbonyl (C=O) groups excluding carboxylic acids is 6. The van der Waals surface area contributed by atoms with Crippen LogP contribution in [0.1, 0.15) is 40.0 Å². The van der Waals surface area contributed by atoms with Crippen LogP contribution in [-0.2, 0) is 49.5 Å². The minimum atomic E-state index is -0.402. The van der Waals surface area contributed by atoms with Gasteiger partial charge in [-0.05, 0) is 45.0 Å². The lowest BCUT2D eigenvalue weighted by Crippen LogP contribution is -2.51. The Kier molecular flexibility index (Phi) is 21.3. The molecule has 0 atom stereocenters. The van der Waals surface area contributed by atoms with Gasteiger partial charge < -0.3 is 34.7 Å². The van der Waals surface area contributed by atoms with Crippen LogP contribution in [0.5, 0.6) is 0 Å². The monoisotopic (exact) mass is 864 g/mol. The van der Waals surface area contributed by atoms with Gasteiger partial charge in [0.25, 0.3) is 0 Å². The van der Waals surface area contributed by atoms with Crippen molar-refractivity contribution < 1.29 is 43.0 Å². The molecular weight excluding hydrogens is 801 g/mol. The summed E-state index contributed by atoms with van der Waals surface area (Å²) >= 11 is 0. The van der Waals surface area contributed by atoms with Gasteiger partial charge in [0.1, 0.15) is 0 Å². The maximum atomic E-state index is 13.5. The fourth-order valence-electron chi connectivity index (χ4n) is 7.22. The van der Waals surface area contributed by atoms with Crippen LogP contribution < -0.4 is 21.4 Å². The molecule has 3 amide bonds. The van der Waals surface area contributed by atoms with Crippen molar-refractivity contribution in [2.45, 2.75) is 46.6 Å². The predicted molar refractivity (Wildman–Crippen MR) is 234 cm³/mol. The normalized spacial score (nSPS) is 15.0. The van der Waals surface area contributed by atoms with E-state index >= 15 is 0 Å². The van der Waals surface area contributed by atoms with Gasteiger partial charge in [-0.15, -0.1) is 0 Å². The standard InChI is InChI=1S/C44H64N8O10/c1-4-60-41(56)15-18-45-38(53)31-49-23-21-48(29-30-52-36-13-9-7-11-34(36)44(59)35-12-8-10-14-37(35)52)22-24-50(32-39(54)46-19-16-42(57)61-5-2)26-28-51(27-25-49)33-40(55)47-20-17-43(58)62-6-3/h7-14H,4-6,15-33H2,1-3H3,(H,45,53)(H,46,54)(H,47,55). The Morgan fingerprint density at radius 1 is 0.484 bits per heavy atom. The molecule has 2 heterocycles. The summed E-state index contributed by atoms with van der Waals surface area (Å²) in [5.41, 5.74) is 1.64. The highest BCUT2D eigenvalue weighted by Crippen LogP contribution is 2.19. The first-order chi connectivity index (χ1) is 30.0. The zero-order valence-corrected chi connectivity index (χ0v) is 36.5. The van der Waals surface area contributed by atoms with E-state index in [1.165, 1.54) is 0 Å². The third-order valence-corrected chi connectivity index (χ3v) is 10.4. The Morgan fingerprint density at radius 3 is 1.15 bits per heavy atom. The van der Waals surface area contributed by atoms with Crippen LogP contribution in [0.15, 0.2) is 53.3 Å². The van der Waals surface area contributed by atoms with Gasteiger partial charge in [-0.25, -0.2) is 0 Å². The maximum Gasteiger partial charge on any atom is 0.307 e. The first-order valence-electron chi connectivity index (χ1n) is 21.7. The van der Waals surface area contributed by atoms with Gasteiger partial charge in [0, 0.05) is 95.9 Å². The van der Waals surface area contributed by atoms with E-state index in [0.717, 1.165) is 11.0 Å². The predicted octanol–water partition coefficient (Wildman–Crippen LogP) is 0.585. The molecule has 1 aliphatic rings. The minimum Gasteiger partial charge on any atom is -0.466 e. The SMILES string of the molecule is CCOC(=O)CCNC(=O)CN1CCN(CCn2c3ccccc3c(=O)c3ccccc32)CCN(CC(=O)NCCC(=O)OCC)CCN(CC(=O)NCCC(=O)OCC)CC1. The number of rotatable bonds is 21. The molecule has 340 valence electrons. The van der Waals surface area contributed by atoms with Gasteiger partial charge in [-0.2, -0.15) is 0 Å². The number of para-hydroxylation sites is 2. The van der Waals surface area contributed by atoms with Crippen molar-refractivity contribution >= 4 is 57.4 Å². The van der Waals surface area contributed by atoms with Crippen molar-refractivity contribution in [1.29, 1.82) is 0 Å². The number of nitrogens with zero attached hydrogens (tertiary/aromatic N) is 5. The molecule has 1 saturated heterocycles. The average Bonchev–Trinajstić information content (AvgIpc) is 3.24. The van der Waals surface area contributed by atoms with Crippen LogP contribution in [0.2, 0.25) is 0 Å². The summed E-state index contributed by atoms with van der Waals surface area (Å²) in [5, 5.41) is 9.72. The van der Waals surface area contributed by atoms with E-state index in [1.807, 2.05) is 63.2 Å². The van der Waals surface area contributed by atoms with Gasteiger partial charge in [0.05, 0.1) is 69.8 Å². The molecule has 0 radical (unpaired) electrons. The second kappa shape index (κ2) is 26.8. The van der Waals surface area contributed by atoms with Crippen LogP contribution in [0.25, 0.3) is 21.8 Å². The summed E-state index contributed by atoms with van der Waals surface area (Å²) in [6, 6.07) is 15.2. The van der Waals surface area contributed by atoms with Crippen molar-refractivity contribution in [3.63, 3.8) is 0 Å². The molecule has 0 unspecified atom stereocenters. The molecule has 3 aromatic rings. The number of amides is 3. The smallest absolute Gasteiger partial charge is 0.307 e. The van der Waals surface area contributed by atoms with Crippen molar-refractivity contribution in [2.24, 2.45) is 0 Å². The molecule has 1 fully saturated rings. The largest absolute Gasteiger partial charge is 0.466 e. The second-order valence-electron chi connectivity index (χ2n) is 14.9. The first kappa shape index (κ1) is 49.2. The molecule has 62 heavy (non-hydrogen) atoms. The number of hydrogen-bond acceptors (Lipinski definition) is 14. The van der Waals surface area contributed by atoms with Crippen LogP contribution in [0.3, 0.4) is 0 Å². The Balaban J connectivity index is 1.56. The lowest BCUT2D eigenvalue weighted by molar-refractivity contribution is -0.144. The van der Waals surface area contributed by atoms with E-state index in [1.54, 1.807) is 20.8 Å². The van der Waals surface area contributed by atoms with Gasteiger partial charge in [-0.3, -0.25) is 53.2 Å². The minimum absolute atomic E-state index is 0.0192. The highest BCUT2D eigenvalue weighted by molar-refractivity contribution is 5.93. The first-order valence-corrected chi connectivity index (χ1v) is 21.7. The Morgan fingerprint density at radius 2 is 0.806 bits per heavy atom. The molecule has 0 spiro atoms. The van der Waals surface area contributed by atoms with Crippen molar-refractivity contribution in [3.8, 4) is 0 Å². The summed E-state index contributed by atoms with van der Waals surface area (Å²) in [6.45, 7) is 11.4. The number of nitrogens with one attached hydrogen (secondary N) is 3.